The van der Waals surface area contributed by atoms with Crippen molar-refractivity contribution in [2.45, 2.75) is 28.5 Å². The van der Waals surface area contributed by atoms with Crippen molar-refractivity contribution in [1.29, 1.82) is 0 Å². The molecule has 1 saturated carbocycles. The molecule has 6 atom stereocenters. The van der Waals surface area contributed by atoms with Crippen LogP contribution in [0.3, 0.4) is 0 Å². The number of ether oxygens (including phenoxy) is 1. The van der Waals surface area contributed by atoms with Gasteiger partial charge in [-0.1, -0.05) is 57.9 Å². The number of carbonyl (C=O) groups excluding carboxylic acids is 4. The number of amides is 4. The third-order valence-electron chi connectivity index (χ3n) is 10.7. The highest BCUT2D eigenvalue weighted by Crippen LogP contribution is 2.66. The van der Waals surface area contributed by atoms with Crippen molar-refractivity contribution in [2.24, 2.45) is 17.8 Å². The first-order valence-electron chi connectivity index (χ1n) is 15.6. The number of nitrogens with zero attached hydrogens (tertiary/aromatic N) is 3. The maximum atomic E-state index is 14.4. The van der Waals surface area contributed by atoms with Gasteiger partial charge in [0.2, 0.25) is 11.8 Å². The number of halogens is 3. The highest BCUT2D eigenvalue weighted by molar-refractivity contribution is 9.09. The summed E-state index contributed by atoms with van der Waals surface area (Å²) in [5.74, 6) is -4.90. The fourth-order valence-electron chi connectivity index (χ4n) is 8.55. The highest BCUT2D eigenvalue weighted by Gasteiger charge is 2.76. The first kappa shape index (κ1) is 30.9. The van der Waals surface area contributed by atoms with Crippen LogP contribution in [0.25, 0.3) is 10.8 Å². The van der Waals surface area contributed by atoms with Crippen LogP contribution in [0, 0.1) is 17.8 Å². The Morgan fingerprint density at radius 2 is 1.53 bits per heavy atom. The fourth-order valence-corrected chi connectivity index (χ4v) is 9.96. The van der Waals surface area contributed by atoms with Crippen LogP contribution in [-0.2, 0) is 23.9 Å². The standard InChI is InChI=1S/C35H30BrCl2N3O6/c36-18-40-32(45)34(37)17-26-24(29(35(34,38)33(40)46)23-11-12-27(42)22-4-2-1-3-21(22)23)9-10-25-28(26)31(44)41(30(25)43)20-7-5-19(6-8-20)39-13-15-47-16-14-39/h1-9,11-12,25-26,28-29,42H,10,13-18H2/t25-,26+,28-,29-,34+,35-/m0/s1. The number of allylic oxidation sites excluding steroid dienone is 2. The fraction of sp³-hybridized carbons (Fsp3) is 0.371. The van der Waals surface area contributed by atoms with Gasteiger partial charge in [-0.2, -0.15) is 0 Å². The van der Waals surface area contributed by atoms with Crippen molar-refractivity contribution in [1.82, 2.24) is 4.90 Å². The number of imide groups is 2. The van der Waals surface area contributed by atoms with E-state index in [0.717, 1.165) is 23.7 Å². The summed E-state index contributed by atoms with van der Waals surface area (Å²) in [4.78, 5) is 57.2. The largest absolute Gasteiger partial charge is 0.507 e. The lowest BCUT2D eigenvalue weighted by molar-refractivity contribution is -0.138. The van der Waals surface area contributed by atoms with Crippen LogP contribution in [0.4, 0.5) is 11.4 Å². The third kappa shape index (κ3) is 4.17. The molecule has 8 rings (SSSR count). The zero-order valence-corrected chi connectivity index (χ0v) is 28.2. The summed E-state index contributed by atoms with van der Waals surface area (Å²) < 4.78 is 5.46. The van der Waals surface area contributed by atoms with E-state index in [1.54, 1.807) is 36.4 Å². The Kier molecular flexibility index (Phi) is 7.26. The van der Waals surface area contributed by atoms with Crippen molar-refractivity contribution in [3.05, 3.63) is 77.9 Å². The minimum absolute atomic E-state index is 0.0536. The van der Waals surface area contributed by atoms with Crippen LogP contribution in [0.15, 0.2) is 72.3 Å². The summed E-state index contributed by atoms with van der Waals surface area (Å²) in [6.07, 6.45) is 2.10. The molecular formula is C35H30BrCl2N3O6. The molecule has 5 aliphatic rings. The molecule has 0 radical (unpaired) electrons. The van der Waals surface area contributed by atoms with Crippen LogP contribution in [0.1, 0.15) is 24.3 Å². The van der Waals surface area contributed by atoms with Gasteiger partial charge in [-0.15, -0.1) is 23.2 Å². The molecule has 0 bridgehead atoms. The van der Waals surface area contributed by atoms with Gasteiger partial charge in [0.25, 0.3) is 11.8 Å². The Morgan fingerprint density at radius 3 is 2.23 bits per heavy atom. The predicted molar refractivity (Wildman–Crippen MR) is 181 cm³/mol. The number of aromatic hydroxyl groups is 1. The molecule has 1 N–H and O–H groups in total. The van der Waals surface area contributed by atoms with E-state index in [-0.39, 0.29) is 35.9 Å². The van der Waals surface area contributed by atoms with Crippen molar-refractivity contribution < 1.29 is 29.0 Å². The van der Waals surface area contributed by atoms with Gasteiger partial charge in [0.15, 0.2) is 9.75 Å². The number of hydrogen-bond acceptors (Lipinski definition) is 7. The summed E-state index contributed by atoms with van der Waals surface area (Å²) in [6.45, 7) is 2.79. The molecule has 3 aliphatic heterocycles. The van der Waals surface area contributed by atoms with E-state index in [1.807, 2.05) is 30.3 Å². The number of fused-ring (bicyclic) bond motifs is 5. The third-order valence-corrected chi connectivity index (χ3v) is 12.7. The summed E-state index contributed by atoms with van der Waals surface area (Å²) in [6, 6.07) is 17.9. The second kappa shape index (κ2) is 11.1. The second-order valence-electron chi connectivity index (χ2n) is 12.8. The van der Waals surface area contributed by atoms with Crippen molar-refractivity contribution in [3.8, 4) is 5.75 Å². The number of benzene rings is 3. The van der Waals surface area contributed by atoms with Gasteiger partial charge < -0.3 is 14.7 Å². The molecule has 47 heavy (non-hydrogen) atoms. The van der Waals surface area contributed by atoms with Gasteiger partial charge in [0.1, 0.15) is 5.75 Å². The van der Waals surface area contributed by atoms with Crippen LogP contribution >= 0.6 is 39.1 Å². The van der Waals surface area contributed by atoms with E-state index < -0.39 is 45.2 Å². The quantitative estimate of drug-likeness (QED) is 0.168. The number of rotatable bonds is 4. The van der Waals surface area contributed by atoms with Crippen molar-refractivity contribution in [2.75, 3.05) is 41.6 Å². The minimum Gasteiger partial charge on any atom is -0.507 e. The predicted octanol–water partition coefficient (Wildman–Crippen LogP) is 5.30. The molecule has 4 fully saturated rings. The summed E-state index contributed by atoms with van der Waals surface area (Å²) in [5, 5.41) is 11.9. The molecule has 3 saturated heterocycles. The first-order chi connectivity index (χ1) is 22.6. The van der Waals surface area contributed by atoms with Gasteiger partial charge in [-0.25, -0.2) is 0 Å². The van der Waals surface area contributed by atoms with E-state index in [4.69, 9.17) is 27.9 Å². The van der Waals surface area contributed by atoms with Gasteiger partial charge in [-0.05, 0) is 60.0 Å². The molecule has 242 valence electrons. The first-order valence-corrected chi connectivity index (χ1v) is 17.5. The number of morpholine rings is 1. The molecular weight excluding hydrogens is 709 g/mol. The molecule has 0 aromatic heterocycles. The summed E-state index contributed by atoms with van der Waals surface area (Å²) in [7, 11) is 0. The van der Waals surface area contributed by atoms with Gasteiger partial charge in [0, 0.05) is 30.1 Å². The molecule has 12 heteroatoms. The maximum Gasteiger partial charge on any atom is 0.254 e. The Bertz CT molecular complexity index is 1900. The number of phenols is 1. The lowest BCUT2D eigenvalue weighted by atomic mass is 9.56. The van der Waals surface area contributed by atoms with Crippen LogP contribution in [0.5, 0.6) is 5.75 Å². The number of likely N-dealkylation sites (tertiary alicyclic amines) is 1. The number of carbonyl (C=O) groups is 4. The average molecular weight is 739 g/mol. The minimum atomic E-state index is -1.92. The monoisotopic (exact) mass is 737 g/mol. The number of phenolic OH excluding ortho intramolecular Hbond substituents is 1. The molecule has 3 heterocycles. The van der Waals surface area contributed by atoms with E-state index in [0.29, 0.717) is 40.8 Å². The Morgan fingerprint density at radius 1 is 0.851 bits per heavy atom. The molecule has 3 aromatic rings. The number of anilines is 2. The summed E-state index contributed by atoms with van der Waals surface area (Å²) >= 11 is 18.1. The van der Waals surface area contributed by atoms with Gasteiger partial charge in [0.05, 0.1) is 36.2 Å². The van der Waals surface area contributed by atoms with E-state index >= 15 is 0 Å². The summed E-state index contributed by atoms with van der Waals surface area (Å²) in [5.41, 5.74) is 2.68. The van der Waals surface area contributed by atoms with Crippen LogP contribution < -0.4 is 9.80 Å². The van der Waals surface area contributed by atoms with Gasteiger partial charge >= 0.3 is 0 Å². The van der Waals surface area contributed by atoms with E-state index in [9.17, 15) is 24.3 Å². The van der Waals surface area contributed by atoms with E-state index in [2.05, 4.69) is 20.8 Å². The van der Waals surface area contributed by atoms with E-state index in [1.165, 1.54) is 4.90 Å². The Labute approximate surface area is 289 Å². The number of alkyl halides is 3. The average Bonchev–Trinajstić information content (AvgIpc) is 3.43. The molecule has 2 aliphatic carbocycles. The maximum absolute atomic E-state index is 14.4. The lowest BCUT2D eigenvalue weighted by Gasteiger charge is -2.51. The SMILES string of the molecule is O=C1[C@H]2[C@H](CC=C3[C@H]2C[C@@]2(Cl)C(=O)N(CBr)C(=O)[C@@]2(Cl)[C@H]3c2ccc(O)c3ccccc23)C(=O)N1c1ccc(N2CCOCC2)cc1. The molecule has 4 amide bonds. The lowest BCUT2D eigenvalue weighted by Crippen LogP contribution is -2.60. The van der Waals surface area contributed by atoms with Gasteiger partial charge in [-0.3, -0.25) is 29.0 Å². The molecule has 3 aromatic carbocycles. The zero-order valence-electron chi connectivity index (χ0n) is 25.1. The Balaban J connectivity index is 1.24. The number of hydrogen-bond donors (Lipinski definition) is 1. The highest BCUT2D eigenvalue weighted by atomic mass is 79.9. The second-order valence-corrected chi connectivity index (χ2v) is 14.6. The molecule has 0 unspecified atom stereocenters. The smallest absolute Gasteiger partial charge is 0.254 e. The van der Waals surface area contributed by atoms with Crippen molar-refractivity contribution >= 4 is 84.9 Å². The zero-order chi connectivity index (χ0) is 32.8. The van der Waals surface area contributed by atoms with Crippen molar-refractivity contribution in [3.63, 3.8) is 0 Å². The molecule has 9 nitrogen and oxygen atoms in total. The topological polar surface area (TPSA) is 107 Å². The van der Waals surface area contributed by atoms with Crippen LogP contribution in [-0.4, -0.2) is 75.1 Å². The van der Waals surface area contributed by atoms with Crippen LogP contribution in [0.2, 0.25) is 0 Å². The Hall–Kier alpha value is -3.44. The molecule has 0 spiro atoms. The normalized spacial score (nSPS) is 32.1.